The van der Waals surface area contributed by atoms with Crippen LogP contribution in [0.25, 0.3) is 16.0 Å². The molecule has 1 N–H and O–H groups in total. The molecule has 0 radical (unpaired) electrons. The highest BCUT2D eigenvalue weighted by Gasteiger charge is 2.49. The lowest BCUT2D eigenvalue weighted by Crippen LogP contribution is -2.29. The summed E-state index contributed by atoms with van der Waals surface area (Å²) in [5.74, 6) is -1.55. The van der Waals surface area contributed by atoms with Crippen LogP contribution in [0.2, 0.25) is 10.0 Å². The van der Waals surface area contributed by atoms with Gasteiger partial charge >= 0.3 is 5.91 Å². The van der Waals surface area contributed by atoms with E-state index in [1.165, 1.54) is 35.5 Å². The van der Waals surface area contributed by atoms with Crippen LogP contribution in [0, 0.1) is 0 Å². The van der Waals surface area contributed by atoms with Gasteiger partial charge in [-0.15, -0.1) is 0 Å². The number of pyridine rings is 1. The summed E-state index contributed by atoms with van der Waals surface area (Å²) in [5.41, 5.74) is 2.28. The molecule has 188 valence electrons. The number of carbonyl (C=O) groups excluding carboxylic acids is 2. The molecule has 7 nitrogen and oxygen atoms in total. The van der Waals surface area contributed by atoms with Crippen LogP contribution in [-0.4, -0.2) is 33.9 Å². The molecule has 1 aliphatic rings. The van der Waals surface area contributed by atoms with Crippen LogP contribution in [-0.2, 0) is 9.59 Å². The minimum atomic E-state index is -1.01. The number of carbonyl (C=O) groups is 2. The van der Waals surface area contributed by atoms with Crippen molar-refractivity contribution in [2.75, 3.05) is 12.0 Å². The number of Topliss-reactive ketones (excluding diaryl/α,β-unsaturated/α-hetero) is 1. The van der Waals surface area contributed by atoms with E-state index in [0.717, 1.165) is 10.3 Å². The molecule has 0 aliphatic carbocycles. The average molecular weight is 554 g/mol. The highest BCUT2D eigenvalue weighted by molar-refractivity contribution is 7.22. The summed E-state index contributed by atoms with van der Waals surface area (Å²) in [7, 11) is 1.42. The van der Waals surface area contributed by atoms with Crippen molar-refractivity contribution < 1.29 is 19.4 Å². The van der Waals surface area contributed by atoms with Gasteiger partial charge in [-0.3, -0.25) is 19.5 Å². The fourth-order valence-electron chi connectivity index (χ4n) is 4.29. The number of anilines is 1. The average Bonchev–Trinajstić information content (AvgIpc) is 3.41. The Kier molecular flexibility index (Phi) is 6.66. The lowest BCUT2D eigenvalue weighted by Gasteiger charge is -2.22. The molecule has 4 aromatic rings. The molecule has 5 rings (SSSR count). The number of nitrogens with zero attached hydrogens (tertiary/aromatic N) is 3. The van der Waals surface area contributed by atoms with Gasteiger partial charge in [-0.1, -0.05) is 60.5 Å². The molecule has 2 aromatic heterocycles. The SMILES string of the molecule is COc1c(Cl)cc(/C(O)=C2\C(=O)C(=O)N(c3nc4ccc(C(C)C)cc4s3)C2c2ccccn2)cc1Cl. The maximum absolute atomic E-state index is 13.4. The Morgan fingerprint density at radius 2 is 1.84 bits per heavy atom. The molecule has 0 spiro atoms. The van der Waals surface area contributed by atoms with E-state index in [4.69, 9.17) is 27.9 Å². The molecule has 10 heteroatoms. The van der Waals surface area contributed by atoms with Crippen LogP contribution in [0.15, 0.2) is 60.3 Å². The second kappa shape index (κ2) is 9.78. The van der Waals surface area contributed by atoms with E-state index < -0.39 is 23.5 Å². The first-order valence-corrected chi connectivity index (χ1v) is 12.9. The van der Waals surface area contributed by atoms with Crippen LogP contribution in [0.5, 0.6) is 5.75 Å². The van der Waals surface area contributed by atoms with E-state index in [-0.39, 0.29) is 26.9 Å². The zero-order chi connectivity index (χ0) is 26.4. The molecule has 1 fully saturated rings. The van der Waals surface area contributed by atoms with Crippen molar-refractivity contribution in [3.05, 3.63) is 87.2 Å². The van der Waals surface area contributed by atoms with E-state index in [1.807, 2.05) is 18.2 Å². The summed E-state index contributed by atoms with van der Waals surface area (Å²) in [6.45, 7) is 4.20. The number of ketones is 1. The monoisotopic (exact) mass is 553 g/mol. The molecule has 1 amide bonds. The number of hydrogen-bond acceptors (Lipinski definition) is 7. The number of benzene rings is 2. The van der Waals surface area contributed by atoms with Crippen molar-refractivity contribution in [2.24, 2.45) is 0 Å². The lowest BCUT2D eigenvalue weighted by molar-refractivity contribution is -0.132. The molecule has 37 heavy (non-hydrogen) atoms. The number of thiazole rings is 1. The molecule has 2 aromatic carbocycles. The van der Waals surface area contributed by atoms with Crippen LogP contribution >= 0.6 is 34.5 Å². The number of ether oxygens (including phenoxy) is 1. The molecular weight excluding hydrogens is 533 g/mol. The van der Waals surface area contributed by atoms with Crippen molar-refractivity contribution in [2.45, 2.75) is 25.8 Å². The second-order valence-electron chi connectivity index (χ2n) is 8.78. The highest BCUT2D eigenvalue weighted by Crippen LogP contribution is 2.45. The molecule has 0 saturated carbocycles. The van der Waals surface area contributed by atoms with Gasteiger partial charge in [0.1, 0.15) is 11.8 Å². The normalized spacial score (nSPS) is 17.2. The van der Waals surface area contributed by atoms with Crippen LogP contribution in [0.1, 0.15) is 42.6 Å². The van der Waals surface area contributed by atoms with Crippen LogP contribution in [0.3, 0.4) is 0 Å². The molecular formula is C27H21Cl2N3O4S. The third kappa shape index (κ3) is 4.35. The van der Waals surface area contributed by atoms with Gasteiger partial charge in [0, 0.05) is 11.8 Å². The van der Waals surface area contributed by atoms with Gasteiger partial charge in [0.25, 0.3) is 5.78 Å². The Morgan fingerprint density at radius 3 is 2.46 bits per heavy atom. The Labute approximate surface area is 226 Å². The third-order valence-corrected chi connectivity index (χ3v) is 7.74. The third-order valence-electron chi connectivity index (χ3n) is 6.16. The van der Waals surface area contributed by atoms with Gasteiger partial charge in [-0.25, -0.2) is 4.98 Å². The van der Waals surface area contributed by atoms with Crippen LogP contribution < -0.4 is 9.64 Å². The first-order valence-electron chi connectivity index (χ1n) is 11.4. The fraction of sp³-hybridized carbons (Fsp3) is 0.185. The summed E-state index contributed by atoms with van der Waals surface area (Å²) in [5, 5.41) is 12.0. The number of aliphatic hydroxyl groups is 1. The van der Waals surface area contributed by atoms with E-state index >= 15 is 0 Å². The summed E-state index contributed by atoms with van der Waals surface area (Å²) in [6, 6.07) is 12.9. The maximum Gasteiger partial charge on any atom is 0.301 e. The summed E-state index contributed by atoms with van der Waals surface area (Å²) in [4.78, 5) is 37.2. The maximum atomic E-state index is 13.4. The van der Waals surface area contributed by atoms with E-state index in [9.17, 15) is 14.7 Å². The molecule has 3 heterocycles. The van der Waals surface area contributed by atoms with E-state index in [0.29, 0.717) is 22.3 Å². The summed E-state index contributed by atoms with van der Waals surface area (Å²) < 4.78 is 6.07. The number of hydrogen-bond donors (Lipinski definition) is 1. The lowest BCUT2D eigenvalue weighted by atomic mass is 9.98. The number of fused-ring (bicyclic) bond motifs is 1. The minimum absolute atomic E-state index is 0.136. The molecule has 1 aliphatic heterocycles. The van der Waals surface area contributed by atoms with Crippen molar-refractivity contribution in [1.82, 2.24) is 9.97 Å². The number of methoxy groups -OCH3 is 1. The Balaban J connectivity index is 1.71. The first kappa shape index (κ1) is 25.2. The summed E-state index contributed by atoms with van der Waals surface area (Å²) >= 11 is 13.9. The standard InChI is InChI=1S/C27H21Cl2N3O4S/c1-13(2)14-7-8-18-20(12-14)37-27(31-18)32-22(19-6-4-5-9-30-19)21(24(34)26(32)35)23(33)15-10-16(28)25(36-3)17(29)11-15/h4-13,22,33H,1-3H3/b23-21+. The van der Waals surface area contributed by atoms with Crippen molar-refractivity contribution in [1.29, 1.82) is 0 Å². The smallest absolute Gasteiger partial charge is 0.301 e. The quantitative estimate of drug-likeness (QED) is 0.167. The van der Waals surface area contributed by atoms with Gasteiger partial charge in [-0.2, -0.15) is 0 Å². The topological polar surface area (TPSA) is 92.6 Å². The second-order valence-corrected chi connectivity index (χ2v) is 10.6. The predicted molar refractivity (Wildman–Crippen MR) is 146 cm³/mol. The summed E-state index contributed by atoms with van der Waals surface area (Å²) in [6.07, 6.45) is 1.56. The van der Waals surface area contributed by atoms with Crippen molar-refractivity contribution in [3.8, 4) is 5.75 Å². The molecule has 1 unspecified atom stereocenters. The fourth-order valence-corrected chi connectivity index (χ4v) is 5.97. The minimum Gasteiger partial charge on any atom is -0.507 e. The molecule has 0 bridgehead atoms. The zero-order valence-electron chi connectivity index (χ0n) is 20.0. The van der Waals surface area contributed by atoms with E-state index in [2.05, 4.69) is 23.8 Å². The van der Waals surface area contributed by atoms with Crippen LogP contribution in [0.4, 0.5) is 5.13 Å². The number of amides is 1. The van der Waals surface area contributed by atoms with E-state index in [1.54, 1.807) is 24.4 Å². The van der Waals surface area contributed by atoms with Crippen molar-refractivity contribution in [3.63, 3.8) is 0 Å². The van der Waals surface area contributed by atoms with Gasteiger partial charge in [-0.05, 0) is 47.9 Å². The Hall–Kier alpha value is -3.46. The highest BCUT2D eigenvalue weighted by atomic mass is 35.5. The van der Waals surface area contributed by atoms with Gasteiger partial charge in [0.15, 0.2) is 10.9 Å². The van der Waals surface area contributed by atoms with Crippen molar-refractivity contribution >= 4 is 67.3 Å². The molecule has 1 saturated heterocycles. The number of rotatable bonds is 5. The zero-order valence-corrected chi connectivity index (χ0v) is 22.4. The van der Waals surface area contributed by atoms with Gasteiger partial charge in [0.05, 0.1) is 38.6 Å². The number of aliphatic hydroxyl groups excluding tert-OH is 1. The Bertz CT molecular complexity index is 1560. The van der Waals surface area contributed by atoms with Gasteiger partial charge in [0.2, 0.25) is 0 Å². The predicted octanol–water partition coefficient (Wildman–Crippen LogP) is 6.76. The first-order chi connectivity index (χ1) is 17.7. The molecule has 1 atom stereocenters. The number of aromatic nitrogens is 2. The van der Waals surface area contributed by atoms with Gasteiger partial charge < -0.3 is 9.84 Å². The number of halogens is 2. The largest absolute Gasteiger partial charge is 0.507 e. The Morgan fingerprint density at radius 1 is 1.11 bits per heavy atom.